The molecule has 4 nitrogen and oxygen atoms in total. The first kappa shape index (κ1) is 14.1. The fraction of sp³-hybridized carbons (Fsp3) is 0.571. The topological polar surface area (TPSA) is 57.2 Å². The van der Waals surface area contributed by atoms with Crippen LogP contribution in [0.1, 0.15) is 37.9 Å². The second-order valence-electron chi connectivity index (χ2n) is 5.12. The Labute approximate surface area is 121 Å². The summed E-state index contributed by atoms with van der Waals surface area (Å²) in [6.45, 7) is 0.397. The van der Waals surface area contributed by atoms with Crippen LogP contribution in [-0.2, 0) is 11.3 Å². The zero-order valence-electron chi connectivity index (χ0n) is 11.0. The minimum Gasteiger partial charge on any atom is -0.452 e. The summed E-state index contributed by atoms with van der Waals surface area (Å²) in [7, 11) is 1.73. The van der Waals surface area contributed by atoms with E-state index in [1.54, 1.807) is 18.0 Å². The summed E-state index contributed by atoms with van der Waals surface area (Å²) in [4.78, 5) is 14.1. The summed E-state index contributed by atoms with van der Waals surface area (Å²) in [5.41, 5.74) is -0.823. The highest BCUT2D eigenvalue weighted by atomic mass is 79.9. The first-order chi connectivity index (χ1) is 9.07. The molecule has 0 saturated heterocycles. The van der Waals surface area contributed by atoms with Gasteiger partial charge in [0.15, 0.2) is 4.67 Å². The van der Waals surface area contributed by atoms with Gasteiger partial charge in [-0.05, 0) is 40.9 Å². The van der Waals surface area contributed by atoms with Crippen molar-refractivity contribution in [3.05, 3.63) is 22.6 Å². The van der Waals surface area contributed by atoms with Gasteiger partial charge in [0.1, 0.15) is 11.2 Å². The molecule has 1 heterocycles. The molecule has 0 atom stereocenters. The number of hydrogen-bond acceptors (Lipinski definition) is 3. The molecule has 1 saturated carbocycles. The predicted octanol–water partition coefficient (Wildman–Crippen LogP) is 3.47. The second-order valence-corrected chi connectivity index (χ2v) is 5.90. The zero-order valence-corrected chi connectivity index (χ0v) is 12.6. The number of amides is 1. The van der Waals surface area contributed by atoms with Gasteiger partial charge in [-0.3, -0.25) is 4.79 Å². The van der Waals surface area contributed by atoms with Crippen molar-refractivity contribution >= 4 is 21.8 Å². The number of carbonyl (C=O) groups is 1. The van der Waals surface area contributed by atoms with Crippen molar-refractivity contribution in [2.75, 3.05) is 7.05 Å². The second kappa shape index (κ2) is 5.79. The van der Waals surface area contributed by atoms with Crippen LogP contribution in [0.5, 0.6) is 0 Å². The van der Waals surface area contributed by atoms with Gasteiger partial charge in [-0.2, -0.15) is 5.26 Å². The zero-order chi connectivity index (χ0) is 13.9. The molecule has 0 bridgehead atoms. The number of rotatable bonds is 3. The Morgan fingerprint density at radius 1 is 1.47 bits per heavy atom. The van der Waals surface area contributed by atoms with Crippen LogP contribution < -0.4 is 0 Å². The van der Waals surface area contributed by atoms with Crippen molar-refractivity contribution in [1.82, 2.24) is 4.90 Å². The minimum atomic E-state index is -0.823. The molecule has 0 spiro atoms. The summed E-state index contributed by atoms with van der Waals surface area (Å²) in [6, 6.07) is 5.89. The van der Waals surface area contributed by atoms with Crippen molar-refractivity contribution in [2.24, 2.45) is 5.41 Å². The van der Waals surface area contributed by atoms with Crippen LogP contribution in [0, 0.1) is 16.7 Å². The number of carbonyl (C=O) groups excluding carboxylic acids is 1. The van der Waals surface area contributed by atoms with E-state index >= 15 is 0 Å². The molecule has 1 amide bonds. The van der Waals surface area contributed by atoms with Crippen molar-refractivity contribution < 1.29 is 9.21 Å². The summed E-state index contributed by atoms with van der Waals surface area (Å²) >= 11 is 3.24. The van der Waals surface area contributed by atoms with Gasteiger partial charge in [0.05, 0.1) is 12.6 Å². The van der Waals surface area contributed by atoms with Gasteiger partial charge in [-0.25, -0.2) is 0 Å². The third-order valence-electron chi connectivity index (χ3n) is 3.70. The molecule has 1 aliphatic rings. The molecular formula is C14H17BrN2O2. The van der Waals surface area contributed by atoms with Gasteiger partial charge in [0.2, 0.25) is 5.91 Å². The van der Waals surface area contributed by atoms with Crippen molar-refractivity contribution in [3.8, 4) is 6.07 Å². The highest BCUT2D eigenvalue weighted by molar-refractivity contribution is 9.10. The van der Waals surface area contributed by atoms with E-state index < -0.39 is 5.41 Å². The molecule has 1 aliphatic carbocycles. The third kappa shape index (κ3) is 3.01. The number of nitriles is 1. The van der Waals surface area contributed by atoms with Crippen LogP contribution >= 0.6 is 15.9 Å². The van der Waals surface area contributed by atoms with Gasteiger partial charge < -0.3 is 9.32 Å². The average Bonchev–Trinajstić information content (AvgIpc) is 2.84. The quantitative estimate of drug-likeness (QED) is 0.855. The van der Waals surface area contributed by atoms with Crippen LogP contribution in [0.2, 0.25) is 0 Å². The molecule has 1 aromatic rings. The summed E-state index contributed by atoms with van der Waals surface area (Å²) < 4.78 is 6.05. The SMILES string of the molecule is CN(Cc1ccc(Br)o1)C(=O)C1(C#N)CCCCC1. The Balaban J connectivity index is 2.07. The molecule has 1 fully saturated rings. The largest absolute Gasteiger partial charge is 0.452 e. The molecule has 0 aromatic carbocycles. The fourth-order valence-corrected chi connectivity index (χ4v) is 2.98. The van der Waals surface area contributed by atoms with E-state index in [-0.39, 0.29) is 5.91 Å². The number of nitrogens with zero attached hydrogens (tertiary/aromatic N) is 2. The first-order valence-corrected chi connectivity index (χ1v) is 7.28. The van der Waals surface area contributed by atoms with Gasteiger partial charge in [-0.15, -0.1) is 0 Å². The fourth-order valence-electron chi connectivity index (χ4n) is 2.64. The maximum atomic E-state index is 12.5. The van der Waals surface area contributed by atoms with Crippen LogP contribution in [0.25, 0.3) is 0 Å². The van der Waals surface area contributed by atoms with E-state index in [0.717, 1.165) is 19.3 Å². The van der Waals surface area contributed by atoms with Gasteiger partial charge in [0, 0.05) is 7.05 Å². The van der Waals surface area contributed by atoms with Crippen LogP contribution in [0.3, 0.4) is 0 Å². The van der Waals surface area contributed by atoms with E-state index in [0.29, 0.717) is 29.8 Å². The molecular weight excluding hydrogens is 308 g/mol. The van der Waals surface area contributed by atoms with Gasteiger partial charge >= 0.3 is 0 Å². The van der Waals surface area contributed by atoms with Crippen molar-refractivity contribution in [3.63, 3.8) is 0 Å². The lowest BCUT2D eigenvalue weighted by molar-refractivity contribution is -0.140. The number of halogens is 1. The molecule has 0 N–H and O–H groups in total. The monoisotopic (exact) mass is 324 g/mol. The molecule has 102 valence electrons. The van der Waals surface area contributed by atoms with Gasteiger partial charge in [0.25, 0.3) is 0 Å². The summed E-state index contributed by atoms with van der Waals surface area (Å²) in [5.74, 6) is 0.633. The van der Waals surface area contributed by atoms with Crippen LogP contribution in [-0.4, -0.2) is 17.9 Å². The Morgan fingerprint density at radius 3 is 2.68 bits per heavy atom. The molecule has 0 unspecified atom stereocenters. The standard InChI is InChI=1S/C14H17BrN2O2/c1-17(9-11-5-6-12(15)19-11)13(18)14(10-16)7-3-2-4-8-14/h5-6H,2-4,7-9H2,1H3. The lowest BCUT2D eigenvalue weighted by atomic mass is 9.74. The normalized spacial score (nSPS) is 17.7. The lowest BCUT2D eigenvalue weighted by Gasteiger charge is -2.32. The van der Waals surface area contributed by atoms with E-state index in [9.17, 15) is 10.1 Å². The van der Waals surface area contributed by atoms with Crippen LogP contribution in [0.15, 0.2) is 21.2 Å². The molecule has 1 aromatic heterocycles. The summed E-state index contributed by atoms with van der Waals surface area (Å²) in [5, 5.41) is 9.40. The smallest absolute Gasteiger partial charge is 0.243 e. The Hall–Kier alpha value is -1.28. The maximum Gasteiger partial charge on any atom is 0.243 e. The third-order valence-corrected chi connectivity index (χ3v) is 4.13. The first-order valence-electron chi connectivity index (χ1n) is 6.48. The van der Waals surface area contributed by atoms with E-state index in [1.807, 2.05) is 6.07 Å². The van der Waals surface area contributed by atoms with E-state index in [2.05, 4.69) is 22.0 Å². The van der Waals surface area contributed by atoms with E-state index in [4.69, 9.17) is 4.42 Å². The highest BCUT2D eigenvalue weighted by Crippen LogP contribution is 2.37. The molecule has 5 heteroatoms. The molecule has 0 aliphatic heterocycles. The maximum absolute atomic E-state index is 12.5. The molecule has 2 rings (SSSR count). The Bertz CT molecular complexity index is 498. The number of hydrogen-bond donors (Lipinski definition) is 0. The van der Waals surface area contributed by atoms with Crippen molar-refractivity contribution in [1.29, 1.82) is 5.26 Å². The summed E-state index contributed by atoms with van der Waals surface area (Å²) in [6.07, 6.45) is 4.38. The van der Waals surface area contributed by atoms with Crippen LogP contribution in [0.4, 0.5) is 0 Å². The Morgan fingerprint density at radius 2 is 2.16 bits per heavy atom. The van der Waals surface area contributed by atoms with Crippen molar-refractivity contribution in [2.45, 2.75) is 38.6 Å². The Kier molecular flexibility index (Phi) is 4.31. The minimum absolute atomic E-state index is 0.0813. The predicted molar refractivity (Wildman–Crippen MR) is 74.0 cm³/mol. The molecule has 0 radical (unpaired) electrons. The lowest BCUT2D eigenvalue weighted by Crippen LogP contribution is -2.42. The number of furan rings is 1. The molecule has 19 heavy (non-hydrogen) atoms. The van der Waals surface area contributed by atoms with E-state index in [1.165, 1.54) is 0 Å². The van der Waals surface area contributed by atoms with Gasteiger partial charge in [-0.1, -0.05) is 19.3 Å². The highest BCUT2D eigenvalue weighted by Gasteiger charge is 2.41. The average molecular weight is 325 g/mol.